The van der Waals surface area contributed by atoms with E-state index >= 15 is 0 Å². The molecule has 26 heavy (non-hydrogen) atoms. The lowest BCUT2D eigenvalue weighted by molar-refractivity contribution is 0.599. The van der Waals surface area contributed by atoms with Crippen LogP contribution in [0.15, 0.2) is 53.7 Å². The lowest BCUT2D eigenvalue weighted by Gasteiger charge is -2.16. The molecule has 0 amide bonds. The maximum atomic E-state index is 13.0. The van der Waals surface area contributed by atoms with Crippen LogP contribution in [0.25, 0.3) is 0 Å². The van der Waals surface area contributed by atoms with E-state index in [1.807, 2.05) is 64.1 Å². The number of anilines is 1. The van der Waals surface area contributed by atoms with Crippen LogP contribution in [0.3, 0.4) is 0 Å². The number of nitrogens with zero attached hydrogens (tertiary/aromatic N) is 2. The summed E-state index contributed by atoms with van der Waals surface area (Å²) < 4.78 is 30.3. The number of sulfonamides is 1. The summed E-state index contributed by atoms with van der Waals surface area (Å²) in [5.74, 6) is 0. The summed E-state index contributed by atoms with van der Waals surface area (Å²) in [7, 11) is -3.68. The van der Waals surface area contributed by atoms with Crippen molar-refractivity contribution < 1.29 is 8.42 Å². The van der Waals surface area contributed by atoms with Crippen molar-refractivity contribution in [1.29, 1.82) is 0 Å². The highest BCUT2D eigenvalue weighted by Gasteiger charge is 2.22. The van der Waals surface area contributed by atoms with Crippen LogP contribution in [-0.2, 0) is 16.6 Å². The van der Waals surface area contributed by atoms with E-state index in [1.165, 1.54) is 6.20 Å². The SMILES string of the molecule is Cc1cc(C)c(C)c(S(=O)(=O)Nc2cnn(Cc3ccccc3)c2)c1C. The van der Waals surface area contributed by atoms with E-state index in [9.17, 15) is 8.42 Å². The molecule has 1 N–H and O–H groups in total. The second kappa shape index (κ2) is 6.96. The summed E-state index contributed by atoms with van der Waals surface area (Å²) in [4.78, 5) is 0.353. The van der Waals surface area contributed by atoms with Crippen molar-refractivity contribution >= 4 is 15.7 Å². The van der Waals surface area contributed by atoms with Crippen molar-refractivity contribution in [3.05, 3.63) is 76.6 Å². The fraction of sp³-hybridized carbons (Fsp3) is 0.250. The van der Waals surface area contributed by atoms with E-state index in [1.54, 1.807) is 10.9 Å². The molecule has 5 nitrogen and oxygen atoms in total. The largest absolute Gasteiger partial charge is 0.276 e. The molecule has 0 saturated heterocycles. The molecular weight excluding hydrogens is 346 g/mol. The molecule has 0 radical (unpaired) electrons. The maximum Gasteiger partial charge on any atom is 0.262 e. The van der Waals surface area contributed by atoms with Gasteiger partial charge < -0.3 is 0 Å². The molecule has 6 heteroatoms. The third kappa shape index (κ3) is 3.65. The summed E-state index contributed by atoms with van der Waals surface area (Å²) in [6, 6.07) is 11.9. The van der Waals surface area contributed by atoms with Gasteiger partial charge in [0.15, 0.2) is 0 Å². The number of hydrogen-bond acceptors (Lipinski definition) is 3. The second-order valence-corrected chi connectivity index (χ2v) is 8.23. The standard InChI is InChI=1S/C20H23N3O2S/c1-14-10-15(2)17(4)20(16(14)3)26(24,25)22-19-11-21-23(13-19)12-18-8-6-5-7-9-18/h5-11,13,22H,12H2,1-4H3. The topological polar surface area (TPSA) is 64.0 Å². The second-order valence-electron chi connectivity index (χ2n) is 6.61. The first-order valence-corrected chi connectivity index (χ1v) is 9.93. The van der Waals surface area contributed by atoms with Crippen molar-refractivity contribution in [2.24, 2.45) is 0 Å². The molecule has 1 heterocycles. The monoisotopic (exact) mass is 369 g/mol. The average molecular weight is 369 g/mol. The van der Waals surface area contributed by atoms with E-state index in [4.69, 9.17) is 0 Å². The summed E-state index contributed by atoms with van der Waals surface area (Å²) in [6.45, 7) is 8.13. The lowest BCUT2D eigenvalue weighted by Crippen LogP contribution is -2.16. The number of aromatic nitrogens is 2. The molecule has 136 valence electrons. The Morgan fingerprint density at radius 1 is 1.00 bits per heavy atom. The fourth-order valence-electron chi connectivity index (χ4n) is 3.06. The van der Waals surface area contributed by atoms with Crippen LogP contribution in [0.2, 0.25) is 0 Å². The number of nitrogens with one attached hydrogen (secondary N) is 1. The zero-order chi connectivity index (χ0) is 18.9. The van der Waals surface area contributed by atoms with Gasteiger partial charge in [-0.2, -0.15) is 5.10 Å². The number of benzene rings is 2. The average Bonchev–Trinajstić information content (AvgIpc) is 3.00. The lowest BCUT2D eigenvalue weighted by atomic mass is 10.0. The molecule has 0 spiro atoms. The van der Waals surface area contributed by atoms with E-state index in [0.717, 1.165) is 27.8 Å². The third-order valence-corrected chi connectivity index (χ3v) is 6.29. The molecule has 0 bridgehead atoms. The van der Waals surface area contributed by atoms with Gasteiger partial charge in [-0.05, 0) is 55.5 Å². The van der Waals surface area contributed by atoms with Gasteiger partial charge >= 0.3 is 0 Å². The molecule has 0 atom stereocenters. The van der Waals surface area contributed by atoms with Gasteiger partial charge in [0.25, 0.3) is 10.0 Å². The number of hydrogen-bond donors (Lipinski definition) is 1. The molecule has 0 fully saturated rings. The molecule has 0 aliphatic heterocycles. The van der Waals surface area contributed by atoms with E-state index in [2.05, 4.69) is 9.82 Å². The van der Waals surface area contributed by atoms with Gasteiger partial charge in [0.1, 0.15) is 0 Å². The summed E-state index contributed by atoms with van der Waals surface area (Å²) in [5, 5.41) is 4.26. The van der Waals surface area contributed by atoms with Gasteiger partial charge in [-0.15, -0.1) is 0 Å². The van der Waals surface area contributed by atoms with E-state index in [0.29, 0.717) is 17.1 Å². The van der Waals surface area contributed by atoms with Crippen LogP contribution in [0.1, 0.15) is 27.8 Å². The molecule has 0 aliphatic carbocycles. The van der Waals surface area contributed by atoms with Crippen LogP contribution in [0.5, 0.6) is 0 Å². The fourth-order valence-corrected chi connectivity index (χ4v) is 4.71. The highest BCUT2D eigenvalue weighted by Crippen LogP contribution is 2.27. The van der Waals surface area contributed by atoms with Crippen molar-refractivity contribution in [3.8, 4) is 0 Å². The Hall–Kier alpha value is -2.60. The van der Waals surface area contributed by atoms with Crippen molar-refractivity contribution in [3.63, 3.8) is 0 Å². The van der Waals surface area contributed by atoms with Gasteiger partial charge in [0.2, 0.25) is 0 Å². The molecule has 0 unspecified atom stereocenters. The molecule has 3 rings (SSSR count). The molecular formula is C20H23N3O2S. The first kappa shape index (κ1) is 18.2. The number of rotatable bonds is 5. The Morgan fingerprint density at radius 2 is 1.62 bits per heavy atom. The first-order chi connectivity index (χ1) is 12.3. The summed E-state index contributed by atoms with van der Waals surface area (Å²) in [6.07, 6.45) is 3.24. The smallest absolute Gasteiger partial charge is 0.262 e. The first-order valence-electron chi connectivity index (χ1n) is 8.44. The minimum Gasteiger partial charge on any atom is -0.276 e. The molecule has 3 aromatic rings. The van der Waals surface area contributed by atoms with Crippen LogP contribution in [-0.4, -0.2) is 18.2 Å². The quantitative estimate of drug-likeness (QED) is 0.740. The van der Waals surface area contributed by atoms with Crippen LogP contribution < -0.4 is 4.72 Å². The molecule has 1 aromatic heterocycles. The predicted octanol–water partition coefficient (Wildman–Crippen LogP) is 3.97. The number of aryl methyl sites for hydroxylation is 2. The Kier molecular flexibility index (Phi) is 4.87. The van der Waals surface area contributed by atoms with Gasteiger partial charge in [-0.3, -0.25) is 9.40 Å². The summed E-state index contributed by atoms with van der Waals surface area (Å²) >= 11 is 0. The van der Waals surface area contributed by atoms with Crippen LogP contribution >= 0.6 is 0 Å². The van der Waals surface area contributed by atoms with Crippen molar-refractivity contribution in [2.45, 2.75) is 39.1 Å². The Morgan fingerprint density at radius 3 is 2.23 bits per heavy atom. The maximum absolute atomic E-state index is 13.0. The normalized spacial score (nSPS) is 11.5. The highest BCUT2D eigenvalue weighted by atomic mass is 32.2. The van der Waals surface area contributed by atoms with E-state index in [-0.39, 0.29) is 0 Å². The molecule has 2 aromatic carbocycles. The summed E-state index contributed by atoms with van der Waals surface area (Å²) in [5.41, 5.74) is 5.04. The molecule has 0 aliphatic rings. The van der Waals surface area contributed by atoms with Gasteiger partial charge in [0, 0.05) is 6.20 Å². The highest BCUT2D eigenvalue weighted by molar-refractivity contribution is 7.92. The zero-order valence-corrected chi connectivity index (χ0v) is 16.3. The minimum atomic E-state index is -3.68. The third-order valence-electron chi connectivity index (χ3n) is 4.64. The van der Waals surface area contributed by atoms with Crippen LogP contribution in [0, 0.1) is 27.7 Å². The van der Waals surface area contributed by atoms with Crippen molar-refractivity contribution in [1.82, 2.24) is 9.78 Å². The van der Waals surface area contributed by atoms with Crippen molar-refractivity contribution in [2.75, 3.05) is 4.72 Å². The van der Waals surface area contributed by atoms with Gasteiger partial charge in [-0.1, -0.05) is 36.4 Å². The Bertz CT molecular complexity index is 1010. The van der Waals surface area contributed by atoms with Crippen LogP contribution in [0.4, 0.5) is 5.69 Å². The Balaban J connectivity index is 1.88. The van der Waals surface area contributed by atoms with E-state index < -0.39 is 10.0 Å². The molecule has 0 saturated carbocycles. The van der Waals surface area contributed by atoms with Gasteiger partial charge in [-0.25, -0.2) is 8.42 Å². The minimum absolute atomic E-state index is 0.353. The Labute approximate surface area is 154 Å². The zero-order valence-electron chi connectivity index (χ0n) is 15.4. The predicted molar refractivity (Wildman–Crippen MR) is 104 cm³/mol. The van der Waals surface area contributed by atoms with Gasteiger partial charge in [0.05, 0.1) is 23.3 Å².